The molecule has 4 rings (SSSR count). The number of carbonyl (C=O) groups is 2. The second-order valence-corrected chi connectivity index (χ2v) is 8.88. The quantitative estimate of drug-likeness (QED) is 0.369. The molecule has 200 valence electrons. The SMILES string of the molecule is COc1ccc2c(c1)C(=O)[C@@H](OC(=O)Nc1cc(OC)c(OC)c(OC)c1)[C@H](c1ccc(OC)c(Br)c1)O2. The third kappa shape index (κ3) is 5.28. The van der Waals surface area contributed by atoms with Crippen molar-refractivity contribution in [2.45, 2.75) is 12.2 Å². The summed E-state index contributed by atoms with van der Waals surface area (Å²) in [4.78, 5) is 26.7. The maximum absolute atomic E-state index is 13.6. The molecular formula is C27H26BrNO9. The highest BCUT2D eigenvalue weighted by Crippen LogP contribution is 2.42. The number of amides is 1. The lowest BCUT2D eigenvalue weighted by molar-refractivity contribution is 0.0132. The summed E-state index contributed by atoms with van der Waals surface area (Å²) in [6.45, 7) is 0. The smallest absolute Gasteiger partial charge is 0.412 e. The van der Waals surface area contributed by atoms with E-state index in [1.165, 1.54) is 28.4 Å². The summed E-state index contributed by atoms with van der Waals surface area (Å²) in [5.74, 6) is 1.99. The van der Waals surface area contributed by atoms with Gasteiger partial charge in [-0.05, 0) is 51.8 Å². The molecule has 0 spiro atoms. The maximum Gasteiger partial charge on any atom is 0.412 e. The van der Waals surface area contributed by atoms with Gasteiger partial charge in [-0.1, -0.05) is 6.07 Å². The molecule has 0 radical (unpaired) electrons. The zero-order chi connectivity index (χ0) is 27.4. The van der Waals surface area contributed by atoms with Gasteiger partial charge in [0.05, 0.1) is 51.3 Å². The molecular weight excluding hydrogens is 562 g/mol. The Bertz CT molecular complexity index is 1340. The Morgan fingerprint density at radius 2 is 1.53 bits per heavy atom. The summed E-state index contributed by atoms with van der Waals surface area (Å²) in [6.07, 6.45) is -3.13. The van der Waals surface area contributed by atoms with Crippen molar-refractivity contribution in [1.82, 2.24) is 0 Å². The van der Waals surface area contributed by atoms with Crippen molar-refractivity contribution in [2.24, 2.45) is 0 Å². The van der Waals surface area contributed by atoms with E-state index >= 15 is 0 Å². The normalized spacial score (nSPS) is 16.0. The van der Waals surface area contributed by atoms with Gasteiger partial charge in [0.15, 0.2) is 17.6 Å². The van der Waals surface area contributed by atoms with Crippen molar-refractivity contribution >= 4 is 33.5 Å². The summed E-state index contributed by atoms with van der Waals surface area (Å²) >= 11 is 3.46. The van der Waals surface area contributed by atoms with Gasteiger partial charge in [0.2, 0.25) is 17.6 Å². The Labute approximate surface area is 227 Å². The minimum Gasteiger partial charge on any atom is -0.497 e. The molecule has 0 saturated heterocycles. The van der Waals surface area contributed by atoms with Gasteiger partial charge in [0.1, 0.15) is 17.2 Å². The van der Waals surface area contributed by atoms with E-state index in [9.17, 15) is 9.59 Å². The fraction of sp³-hybridized carbons (Fsp3) is 0.259. The Balaban J connectivity index is 1.67. The average molecular weight is 588 g/mol. The number of benzene rings is 3. The Hall–Kier alpha value is -4.12. The minimum absolute atomic E-state index is 0.235. The van der Waals surface area contributed by atoms with Gasteiger partial charge in [-0.3, -0.25) is 10.1 Å². The molecule has 0 fully saturated rings. The van der Waals surface area contributed by atoms with Crippen LogP contribution < -0.4 is 33.7 Å². The van der Waals surface area contributed by atoms with Gasteiger partial charge in [-0.25, -0.2) is 4.79 Å². The lowest BCUT2D eigenvalue weighted by Crippen LogP contribution is -2.40. The molecule has 0 aliphatic carbocycles. The number of carbonyl (C=O) groups excluding carboxylic acids is 2. The number of rotatable bonds is 8. The van der Waals surface area contributed by atoms with Gasteiger partial charge in [-0.2, -0.15) is 0 Å². The van der Waals surface area contributed by atoms with E-state index in [2.05, 4.69) is 21.2 Å². The topological polar surface area (TPSA) is 111 Å². The van der Waals surface area contributed by atoms with Crippen LogP contribution in [0.2, 0.25) is 0 Å². The van der Waals surface area contributed by atoms with Crippen LogP contribution in [-0.4, -0.2) is 53.5 Å². The first-order valence-corrected chi connectivity index (χ1v) is 12.1. The summed E-state index contributed by atoms with van der Waals surface area (Å²) in [7, 11) is 7.43. The molecule has 11 heteroatoms. The molecule has 1 heterocycles. The second-order valence-electron chi connectivity index (χ2n) is 8.02. The van der Waals surface area contributed by atoms with E-state index in [0.29, 0.717) is 50.2 Å². The standard InChI is InChI=1S/C27H26BrNO9/c1-32-16-7-9-19-17(13-16)23(30)26(24(37-19)14-6-8-20(33-2)18(28)10-14)38-27(31)29-15-11-21(34-3)25(36-5)22(12-15)35-4/h6-13,24,26H,1-5H3,(H,29,31)/t24-,26+/m0/s1. The first kappa shape index (κ1) is 26.9. The monoisotopic (exact) mass is 587 g/mol. The molecule has 1 N–H and O–H groups in total. The predicted molar refractivity (Wildman–Crippen MR) is 141 cm³/mol. The Kier molecular flexibility index (Phi) is 8.16. The summed E-state index contributed by atoms with van der Waals surface area (Å²) in [5, 5.41) is 2.62. The highest BCUT2D eigenvalue weighted by Gasteiger charge is 2.42. The number of hydrogen-bond acceptors (Lipinski definition) is 9. The van der Waals surface area contributed by atoms with E-state index in [1.807, 2.05) is 0 Å². The fourth-order valence-electron chi connectivity index (χ4n) is 4.05. The number of hydrogen-bond donors (Lipinski definition) is 1. The molecule has 3 aromatic rings. The highest BCUT2D eigenvalue weighted by atomic mass is 79.9. The van der Waals surface area contributed by atoms with Gasteiger partial charge >= 0.3 is 6.09 Å². The van der Waals surface area contributed by atoms with Crippen LogP contribution in [-0.2, 0) is 4.74 Å². The molecule has 38 heavy (non-hydrogen) atoms. The largest absolute Gasteiger partial charge is 0.497 e. The van der Waals surface area contributed by atoms with Crippen LogP contribution in [0.4, 0.5) is 10.5 Å². The van der Waals surface area contributed by atoms with E-state index < -0.39 is 24.1 Å². The van der Waals surface area contributed by atoms with Gasteiger partial charge in [0.25, 0.3) is 0 Å². The van der Waals surface area contributed by atoms with Crippen LogP contribution in [0, 0.1) is 0 Å². The van der Waals surface area contributed by atoms with E-state index in [4.69, 9.17) is 33.2 Å². The first-order chi connectivity index (χ1) is 18.3. The number of Topliss-reactive ketones (excluding diaryl/α,β-unsaturated/α-hetero) is 1. The number of halogens is 1. The van der Waals surface area contributed by atoms with Crippen molar-refractivity contribution < 1.29 is 42.7 Å². The van der Waals surface area contributed by atoms with E-state index in [0.717, 1.165) is 0 Å². The third-order valence-corrected chi connectivity index (χ3v) is 6.51. The third-order valence-electron chi connectivity index (χ3n) is 5.89. The summed E-state index contributed by atoms with van der Waals surface area (Å²) in [6, 6.07) is 13.2. The molecule has 1 amide bonds. The van der Waals surface area contributed by atoms with Crippen LogP contribution in [0.5, 0.6) is 34.5 Å². The van der Waals surface area contributed by atoms with E-state index in [-0.39, 0.29) is 5.56 Å². The lowest BCUT2D eigenvalue weighted by Gasteiger charge is -2.32. The fourth-order valence-corrected chi connectivity index (χ4v) is 4.61. The number of anilines is 1. The first-order valence-electron chi connectivity index (χ1n) is 11.3. The molecule has 0 saturated carbocycles. The number of methoxy groups -OCH3 is 5. The van der Waals surface area contributed by atoms with Crippen LogP contribution in [0.15, 0.2) is 53.0 Å². The van der Waals surface area contributed by atoms with Gasteiger partial charge < -0.3 is 33.2 Å². The zero-order valence-electron chi connectivity index (χ0n) is 21.3. The number of nitrogens with one attached hydrogen (secondary N) is 1. The van der Waals surface area contributed by atoms with Crippen molar-refractivity contribution in [2.75, 3.05) is 40.9 Å². The number of ketones is 1. The zero-order valence-corrected chi connectivity index (χ0v) is 22.9. The highest BCUT2D eigenvalue weighted by molar-refractivity contribution is 9.10. The molecule has 1 aliphatic rings. The molecule has 10 nitrogen and oxygen atoms in total. The van der Waals surface area contributed by atoms with E-state index in [1.54, 1.807) is 55.6 Å². The Morgan fingerprint density at radius 1 is 0.842 bits per heavy atom. The number of ether oxygens (including phenoxy) is 7. The molecule has 0 unspecified atom stereocenters. The summed E-state index contributed by atoms with van der Waals surface area (Å²) in [5.41, 5.74) is 1.14. The maximum atomic E-state index is 13.6. The van der Waals surface area contributed by atoms with Crippen molar-refractivity contribution in [3.8, 4) is 34.5 Å². The van der Waals surface area contributed by atoms with Crippen molar-refractivity contribution in [3.63, 3.8) is 0 Å². The van der Waals surface area contributed by atoms with Crippen LogP contribution in [0.1, 0.15) is 22.0 Å². The minimum atomic E-state index is -1.31. The predicted octanol–water partition coefficient (Wildman–Crippen LogP) is 5.43. The number of fused-ring (bicyclic) bond motifs is 1. The molecule has 2 atom stereocenters. The van der Waals surface area contributed by atoms with Crippen LogP contribution in [0.3, 0.4) is 0 Å². The van der Waals surface area contributed by atoms with Crippen molar-refractivity contribution in [1.29, 1.82) is 0 Å². The molecule has 0 aromatic heterocycles. The Morgan fingerprint density at radius 3 is 2.11 bits per heavy atom. The summed E-state index contributed by atoms with van der Waals surface area (Å²) < 4.78 is 39.1. The molecule has 0 bridgehead atoms. The molecule has 1 aliphatic heterocycles. The van der Waals surface area contributed by atoms with Crippen molar-refractivity contribution in [3.05, 3.63) is 64.1 Å². The molecule has 3 aromatic carbocycles. The van der Waals surface area contributed by atoms with Gasteiger partial charge in [-0.15, -0.1) is 0 Å². The lowest BCUT2D eigenvalue weighted by atomic mass is 9.93. The van der Waals surface area contributed by atoms with Gasteiger partial charge in [0, 0.05) is 12.1 Å². The van der Waals surface area contributed by atoms with Crippen LogP contribution >= 0.6 is 15.9 Å². The average Bonchev–Trinajstić information content (AvgIpc) is 2.93. The van der Waals surface area contributed by atoms with Crippen LogP contribution in [0.25, 0.3) is 0 Å². The second kappa shape index (κ2) is 11.5.